The molecule has 0 nitrogen and oxygen atoms in total. The first-order valence-corrected chi connectivity index (χ1v) is 15.0. The normalized spacial score (nSPS) is 14.2. The average Bonchev–Trinajstić information content (AvgIpc) is 2.47. The third kappa shape index (κ3) is 8.57. The van der Waals surface area contributed by atoms with Gasteiger partial charge in [-0.25, -0.2) is 0 Å². The molecule has 0 bridgehead atoms. The summed E-state index contributed by atoms with van der Waals surface area (Å²) >= 11 is 2.99. The molecule has 0 aromatic carbocycles. The summed E-state index contributed by atoms with van der Waals surface area (Å²) in [7, 11) is 0. The first-order valence-electron chi connectivity index (χ1n) is 9.26. The monoisotopic (exact) mass is 414 g/mol. The van der Waals surface area contributed by atoms with E-state index in [0.717, 1.165) is 0 Å². The molecule has 0 atom stereocenters. The summed E-state index contributed by atoms with van der Waals surface area (Å²) in [5, 5.41) is 0. The quantitative estimate of drug-likeness (QED) is 0.154. The van der Waals surface area contributed by atoms with E-state index in [1.54, 1.807) is 12.3 Å². The Kier molecular flexibility index (Phi) is 12.4. The molecular formula is C18H40IP. The summed E-state index contributed by atoms with van der Waals surface area (Å²) < 4.78 is -1.37. The summed E-state index contributed by atoms with van der Waals surface area (Å²) in [4.78, 5) is 0. The number of hydrogen-bond acceptors (Lipinski definition) is 0. The van der Waals surface area contributed by atoms with Gasteiger partial charge in [-0.1, -0.05) is 0 Å². The molecule has 124 valence electrons. The minimum atomic E-state index is -1.37. The average molecular weight is 414 g/mol. The van der Waals surface area contributed by atoms with E-state index in [4.69, 9.17) is 0 Å². The van der Waals surface area contributed by atoms with Gasteiger partial charge in [0, 0.05) is 0 Å². The fourth-order valence-electron chi connectivity index (χ4n) is 3.19. The molecule has 0 saturated carbocycles. The van der Waals surface area contributed by atoms with Crippen molar-refractivity contribution in [1.29, 1.82) is 0 Å². The molecule has 0 aliphatic carbocycles. The van der Waals surface area contributed by atoms with Crippen molar-refractivity contribution in [2.24, 2.45) is 0 Å². The molecule has 0 unspecified atom stereocenters. The molecule has 0 amide bonds. The molecule has 0 heterocycles. The molecular weight excluding hydrogens is 374 g/mol. The molecule has 0 N–H and O–H groups in total. The Hall–Kier alpha value is 1.16. The second-order valence-corrected chi connectivity index (χ2v) is 20.7. The summed E-state index contributed by atoms with van der Waals surface area (Å²) in [5.41, 5.74) is 0. The zero-order valence-corrected chi connectivity index (χ0v) is 17.8. The second-order valence-electron chi connectivity index (χ2n) is 6.73. The van der Waals surface area contributed by atoms with Gasteiger partial charge in [0.15, 0.2) is 0 Å². The van der Waals surface area contributed by atoms with Gasteiger partial charge >= 0.3 is 143 Å². The van der Waals surface area contributed by atoms with E-state index in [1.807, 2.05) is 0 Å². The van der Waals surface area contributed by atoms with E-state index < -0.39 is 4.25 Å². The first kappa shape index (κ1) is 21.2. The molecule has 20 heavy (non-hydrogen) atoms. The number of unbranched alkanes of at least 4 members (excludes halogenated alkanes) is 8. The maximum atomic E-state index is 2.99. The Morgan fingerprint density at radius 3 is 1.20 bits per heavy atom. The van der Waals surface area contributed by atoms with Crippen molar-refractivity contribution in [3.8, 4) is 0 Å². The second kappa shape index (κ2) is 11.7. The van der Waals surface area contributed by atoms with Crippen LogP contribution in [0, 0.1) is 0 Å². The summed E-state index contributed by atoms with van der Waals surface area (Å²) in [6.07, 6.45) is 20.6. The molecule has 0 aromatic rings. The predicted octanol–water partition coefficient (Wildman–Crippen LogP) is 7.87. The van der Waals surface area contributed by atoms with E-state index in [9.17, 15) is 0 Å². The number of halogens is 1. The Labute approximate surface area is 142 Å². The zero-order chi connectivity index (χ0) is 15.3. The van der Waals surface area contributed by atoms with Crippen molar-refractivity contribution in [3.05, 3.63) is 0 Å². The van der Waals surface area contributed by atoms with Gasteiger partial charge in [-0.05, 0) is 0 Å². The van der Waals surface area contributed by atoms with Crippen LogP contribution in [-0.2, 0) is 0 Å². The fraction of sp³-hybridized carbons (Fsp3) is 1.00. The van der Waals surface area contributed by atoms with Crippen LogP contribution in [0.4, 0.5) is 0 Å². The molecule has 0 radical (unpaired) electrons. The third-order valence-corrected chi connectivity index (χ3v) is 18.2. The molecule has 0 aromatic heterocycles. The Balaban J connectivity index is 4.16. The van der Waals surface area contributed by atoms with Gasteiger partial charge in [0.2, 0.25) is 0 Å². The van der Waals surface area contributed by atoms with Crippen molar-refractivity contribution in [2.75, 3.05) is 24.6 Å². The summed E-state index contributed by atoms with van der Waals surface area (Å²) in [6, 6.07) is 0. The Morgan fingerprint density at radius 1 is 0.550 bits per heavy atom. The van der Waals surface area contributed by atoms with Crippen LogP contribution in [0.2, 0.25) is 0 Å². The first-order chi connectivity index (χ1) is 9.54. The number of hydrogen-bond donors (Lipinski definition) is 0. The molecule has 0 rings (SSSR count). The van der Waals surface area contributed by atoms with Crippen molar-refractivity contribution < 1.29 is 0 Å². The van der Waals surface area contributed by atoms with Crippen LogP contribution in [0.3, 0.4) is 0 Å². The molecule has 2 heteroatoms. The molecule has 0 aliphatic rings. The fourth-order valence-corrected chi connectivity index (χ4v) is 9.20. The summed E-state index contributed by atoms with van der Waals surface area (Å²) in [6.45, 7) is 9.58. The van der Waals surface area contributed by atoms with E-state index >= 15 is 0 Å². The number of rotatable bonds is 14. The Bertz CT molecular complexity index is 205. The van der Waals surface area contributed by atoms with E-state index in [0.29, 0.717) is 0 Å². The van der Waals surface area contributed by atoms with Gasteiger partial charge in [-0.3, -0.25) is 0 Å². The van der Waals surface area contributed by atoms with Crippen LogP contribution < -0.4 is 0 Å². The van der Waals surface area contributed by atoms with Crippen molar-refractivity contribution >= 4 is 26.3 Å². The van der Waals surface area contributed by atoms with Crippen LogP contribution >= 0.6 is 26.3 Å². The van der Waals surface area contributed by atoms with Crippen molar-refractivity contribution in [1.82, 2.24) is 0 Å². The zero-order valence-electron chi connectivity index (χ0n) is 14.7. The molecule has 0 fully saturated rings. The standard InChI is InChI=1S/C18H40IP/c1-5-9-11-13-15-17-20(19,7-3,8-4)18-16-14-12-10-6-2/h5-18H2,1-4H3. The minimum absolute atomic E-state index is 1.37. The molecule has 0 saturated heterocycles. The van der Waals surface area contributed by atoms with Crippen molar-refractivity contribution in [2.45, 2.75) is 91.9 Å². The summed E-state index contributed by atoms with van der Waals surface area (Å²) in [5.74, 6) is 0. The van der Waals surface area contributed by atoms with E-state index in [2.05, 4.69) is 49.7 Å². The van der Waals surface area contributed by atoms with Gasteiger partial charge in [-0.2, -0.15) is 0 Å². The Morgan fingerprint density at radius 2 is 0.900 bits per heavy atom. The van der Waals surface area contributed by atoms with Gasteiger partial charge in [0.05, 0.1) is 0 Å². The van der Waals surface area contributed by atoms with E-state index in [-0.39, 0.29) is 0 Å². The third-order valence-electron chi connectivity index (χ3n) is 5.22. The topological polar surface area (TPSA) is 0 Å². The van der Waals surface area contributed by atoms with Crippen LogP contribution in [0.25, 0.3) is 0 Å². The van der Waals surface area contributed by atoms with Gasteiger partial charge < -0.3 is 0 Å². The van der Waals surface area contributed by atoms with Gasteiger partial charge in [0.25, 0.3) is 0 Å². The van der Waals surface area contributed by atoms with E-state index in [1.165, 1.54) is 76.5 Å². The van der Waals surface area contributed by atoms with Crippen LogP contribution in [0.1, 0.15) is 91.9 Å². The van der Waals surface area contributed by atoms with Crippen molar-refractivity contribution in [3.63, 3.8) is 0 Å². The SMILES string of the molecule is CCCCCCCP(I)(CC)(CC)CCCCCCC. The van der Waals surface area contributed by atoms with Crippen LogP contribution in [-0.4, -0.2) is 24.6 Å². The van der Waals surface area contributed by atoms with Crippen LogP contribution in [0.15, 0.2) is 0 Å². The molecule has 0 aliphatic heterocycles. The van der Waals surface area contributed by atoms with Gasteiger partial charge in [-0.15, -0.1) is 0 Å². The maximum absolute atomic E-state index is 2.99. The molecule has 0 spiro atoms. The predicted molar refractivity (Wildman–Crippen MR) is 109 cm³/mol. The van der Waals surface area contributed by atoms with Gasteiger partial charge in [0.1, 0.15) is 0 Å². The van der Waals surface area contributed by atoms with Crippen LogP contribution in [0.5, 0.6) is 0 Å².